The molecule has 3 rings (SSSR count). The molecular formula is C18H17NO3. The molecule has 0 aliphatic carbocycles. The van der Waals surface area contributed by atoms with Gasteiger partial charge in [0.15, 0.2) is 11.4 Å². The Morgan fingerprint density at radius 3 is 2.50 bits per heavy atom. The Hall–Kier alpha value is -2.62. The van der Waals surface area contributed by atoms with Gasteiger partial charge in [-0.25, -0.2) is 4.79 Å². The number of fused-ring (bicyclic) bond motifs is 1. The minimum Gasteiger partial charge on any atom is -0.408 e. The predicted octanol–water partition coefficient (Wildman–Crippen LogP) is 3.40. The van der Waals surface area contributed by atoms with Gasteiger partial charge in [0.25, 0.3) is 0 Å². The van der Waals surface area contributed by atoms with Gasteiger partial charge in [-0.2, -0.15) is 0 Å². The standard InChI is InChI=1S/C18H17NO3/c1-11-8-13(3)14(9-12(11)2)16(20)10-19-15-6-4-5-7-17(15)22-18(19)21/h4-9H,10H2,1-3H3. The number of benzene rings is 2. The predicted molar refractivity (Wildman–Crippen MR) is 85.5 cm³/mol. The molecular weight excluding hydrogens is 278 g/mol. The molecule has 112 valence electrons. The molecule has 0 N–H and O–H groups in total. The fraction of sp³-hybridized carbons (Fsp3) is 0.222. The monoisotopic (exact) mass is 295 g/mol. The van der Waals surface area contributed by atoms with Gasteiger partial charge in [-0.3, -0.25) is 9.36 Å². The van der Waals surface area contributed by atoms with E-state index in [9.17, 15) is 9.59 Å². The number of ketones is 1. The highest BCUT2D eigenvalue weighted by Crippen LogP contribution is 2.18. The molecule has 0 aliphatic heterocycles. The zero-order valence-electron chi connectivity index (χ0n) is 12.8. The normalized spacial score (nSPS) is 11.0. The lowest BCUT2D eigenvalue weighted by atomic mass is 9.98. The van der Waals surface area contributed by atoms with Gasteiger partial charge in [0.05, 0.1) is 12.1 Å². The first-order valence-corrected chi connectivity index (χ1v) is 7.17. The van der Waals surface area contributed by atoms with Crippen LogP contribution in [-0.2, 0) is 6.54 Å². The van der Waals surface area contributed by atoms with Gasteiger partial charge in [-0.15, -0.1) is 0 Å². The lowest BCUT2D eigenvalue weighted by molar-refractivity contribution is 0.0970. The Morgan fingerprint density at radius 1 is 1.05 bits per heavy atom. The number of oxazole rings is 1. The van der Waals surface area contributed by atoms with Crippen LogP contribution < -0.4 is 5.76 Å². The largest absolute Gasteiger partial charge is 0.420 e. The second-order valence-corrected chi connectivity index (χ2v) is 5.60. The van der Waals surface area contributed by atoms with Crippen LogP contribution in [0.25, 0.3) is 11.1 Å². The molecule has 0 amide bonds. The smallest absolute Gasteiger partial charge is 0.408 e. The van der Waals surface area contributed by atoms with Crippen LogP contribution in [0.15, 0.2) is 45.6 Å². The van der Waals surface area contributed by atoms with Crippen LogP contribution in [0.5, 0.6) is 0 Å². The zero-order chi connectivity index (χ0) is 15.9. The highest BCUT2D eigenvalue weighted by molar-refractivity contribution is 5.98. The highest BCUT2D eigenvalue weighted by Gasteiger charge is 2.16. The number of Topliss-reactive ketones (excluding diaryl/α,β-unsaturated/α-hetero) is 1. The SMILES string of the molecule is Cc1cc(C)c(C(=O)Cn2c(=O)oc3ccccc32)cc1C. The maximum absolute atomic E-state index is 12.6. The summed E-state index contributed by atoms with van der Waals surface area (Å²) >= 11 is 0. The van der Waals surface area contributed by atoms with Crippen molar-refractivity contribution in [2.75, 3.05) is 0 Å². The number of hydrogen-bond donors (Lipinski definition) is 0. The molecule has 2 aromatic carbocycles. The van der Waals surface area contributed by atoms with Gasteiger partial charge in [0, 0.05) is 5.56 Å². The average molecular weight is 295 g/mol. The van der Waals surface area contributed by atoms with Crippen LogP contribution in [0.4, 0.5) is 0 Å². The summed E-state index contributed by atoms with van der Waals surface area (Å²) in [7, 11) is 0. The van der Waals surface area contributed by atoms with Crippen molar-refractivity contribution in [1.82, 2.24) is 4.57 Å². The molecule has 0 fully saturated rings. The number of rotatable bonds is 3. The fourth-order valence-corrected chi connectivity index (χ4v) is 2.65. The van der Waals surface area contributed by atoms with Crippen molar-refractivity contribution < 1.29 is 9.21 Å². The van der Waals surface area contributed by atoms with Crippen molar-refractivity contribution in [3.05, 3.63) is 69.2 Å². The molecule has 4 heteroatoms. The Kier molecular flexibility index (Phi) is 3.45. The van der Waals surface area contributed by atoms with Crippen molar-refractivity contribution >= 4 is 16.9 Å². The summed E-state index contributed by atoms with van der Waals surface area (Å²) in [5.74, 6) is -0.592. The van der Waals surface area contributed by atoms with Crippen molar-refractivity contribution in [3.8, 4) is 0 Å². The summed E-state index contributed by atoms with van der Waals surface area (Å²) in [4.78, 5) is 24.5. The number of carbonyl (C=O) groups is 1. The Labute approximate surface area is 128 Å². The molecule has 0 saturated carbocycles. The summed E-state index contributed by atoms with van der Waals surface area (Å²) < 4.78 is 6.55. The van der Waals surface area contributed by atoms with E-state index in [1.165, 1.54) is 4.57 Å². The van der Waals surface area contributed by atoms with Crippen molar-refractivity contribution in [1.29, 1.82) is 0 Å². The van der Waals surface area contributed by atoms with E-state index in [1.54, 1.807) is 18.2 Å². The minimum atomic E-state index is -0.504. The number of nitrogens with zero attached hydrogens (tertiary/aromatic N) is 1. The summed E-state index contributed by atoms with van der Waals surface area (Å²) in [6, 6.07) is 11.0. The van der Waals surface area contributed by atoms with Crippen LogP contribution >= 0.6 is 0 Å². The zero-order valence-corrected chi connectivity index (χ0v) is 12.8. The second-order valence-electron chi connectivity index (χ2n) is 5.60. The van der Waals surface area contributed by atoms with Gasteiger partial charge in [0.1, 0.15) is 0 Å². The first-order chi connectivity index (χ1) is 10.5. The summed E-state index contributed by atoms with van der Waals surface area (Å²) in [5, 5.41) is 0. The van der Waals surface area contributed by atoms with E-state index in [1.807, 2.05) is 39.0 Å². The van der Waals surface area contributed by atoms with E-state index in [2.05, 4.69) is 0 Å². The van der Waals surface area contributed by atoms with Crippen LogP contribution in [0.2, 0.25) is 0 Å². The van der Waals surface area contributed by atoms with E-state index in [4.69, 9.17) is 4.42 Å². The molecule has 0 aliphatic rings. The molecule has 0 atom stereocenters. The van der Waals surface area contributed by atoms with E-state index in [0.29, 0.717) is 16.7 Å². The molecule has 1 aromatic heterocycles. The molecule has 0 radical (unpaired) electrons. The second kappa shape index (κ2) is 5.30. The number of carbonyl (C=O) groups excluding carboxylic acids is 1. The Balaban J connectivity index is 2.02. The first-order valence-electron chi connectivity index (χ1n) is 7.17. The average Bonchev–Trinajstić information content (AvgIpc) is 2.79. The number of aromatic nitrogens is 1. The number of hydrogen-bond acceptors (Lipinski definition) is 3. The topological polar surface area (TPSA) is 52.2 Å². The first kappa shape index (κ1) is 14.3. The van der Waals surface area contributed by atoms with Crippen LogP contribution in [0, 0.1) is 20.8 Å². The van der Waals surface area contributed by atoms with Gasteiger partial charge >= 0.3 is 5.76 Å². The van der Waals surface area contributed by atoms with Gasteiger partial charge < -0.3 is 4.42 Å². The minimum absolute atomic E-state index is 0.0147. The molecule has 0 saturated heterocycles. The van der Waals surface area contributed by atoms with Crippen LogP contribution in [-0.4, -0.2) is 10.4 Å². The number of para-hydroxylation sites is 2. The van der Waals surface area contributed by atoms with E-state index >= 15 is 0 Å². The molecule has 22 heavy (non-hydrogen) atoms. The molecule has 0 bridgehead atoms. The Bertz CT molecular complexity index is 931. The lowest BCUT2D eigenvalue weighted by Gasteiger charge is -2.09. The van der Waals surface area contributed by atoms with Crippen molar-refractivity contribution in [2.45, 2.75) is 27.3 Å². The quantitative estimate of drug-likeness (QED) is 0.696. The Morgan fingerprint density at radius 2 is 1.73 bits per heavy atom. The molecule has 3 aromatic rings. The lowest BCUT2D eigenvalue weighted by Crippen LogP contribution is -2.20. The third-order valence-electron chi connectivity index (χ3n) is 4.02. The van der Waals surface area contributed by atoms with Gasteiger partial charge in [0.2, 0.25) is 0 Å². The van der Waals surface area contributed by atoms with Gasteiger partial charge in [-0.1, -0.05) is 18.2 Å². The maximum Gasteiger partial charge on any atom is 0.420 e. The van der Waals surface area contributed by atoms with E-state index < -0.39 is 5.76 Å². The third kappa shape index (κ3) is 2.37. The fourth-order valence-electron chi connectivity index (χ4n) is 2.65. The molecule has 1 heterocycles. The number of aryl methyl sites for hydroxylation is 3. The maximum atomic E-state index is 12.6. The van der Waals surface area contributed by atoms with Crippen LogP contribution in [0.1, 0.15) is 27.0 Å². The molecule has 0 spiro atoms. The third-order valence-corrected chi connectivity index (χ3v) is 4.02. The summed E-state index contributed by atoms with van der Waals surface area (Å²) in [5.41, 5.74) is 4.94. The van der Waals surface area contributed by atoms with Crippen molar-refractivity contribution in [3.63, 3.8) is 0 Å². The molecule has 0 unspecified atom stereocenters. The van der Waals surface area contributed by atoms with E-state index in [-0.39, 0.29) is 12.3 Å². The van der Waals surface area contributed by atoms with E-state index in [0.717, 1.165) is 16.7 Å². The van der Waals surface area contributed by atoms with Crippen molar-refractivity contribution in [2.24, 2.45) is 0 Å². The summed E-state index contributed by atoms with van der Waals surface area (Å²) in [6.45, 7) is 5.89. The van der Waals surface area contributed by atoms with Crippen LogP contribution in [0.3, 0.4) is 0 Å². The van der Waals surface area contributed by atoms with Gasteiger partial charge in [-0.05, 0) is 55.7 Å². The molecule has 4 nitrogen and oxygen atoms in total. The summed E-state index contributed by atoms with van der Waals surface area (Å²) in [6.07, 6.45) is 0. The highest BCUT2D eigenvalue weighted by atomic mass is 16.4.